The van der Waals surface area contributed by atoms with Crippen molar-refractivity contribution >= 4 is 23.7 Å². The minimum atomic E-state index is -4.46. The molecule has 0 radical (unpaired) electrons. The molecule has 0 bridgehead atoms. The minimum absolute atomic E-state index is 0.00306. The minimum Gasteiger partial charge on any atom is -0.377 e. The fraction of sp³-hybridized carbons (Fsp3) is 0.621. The normalized spacial score (nSPS) is 30.6. The summed E-state index contributed by atoms with van der Waals surface area (Å²) < 4.78 is 45.2. The maximum Gasteiger partial charge on any atom is 0.411 e. The number of nitrogens with one attached hydrogen (secondary N) is 2. The van der Waals surface area contributed by atoms with E-state index in [0.717, 1.165) is 43.3 Å². The second-order valence-electron chi connectivity index (χ2n) is 11.2. The summed E-state index contributed by atoms with van der Waals surface area (Å²) in [5.74, 6) is 0.0754. The van der Waals surface area contributed by atoms with Crippen LogP contribution in [0, 0.1) is 11.8 Å². The highest BCUT2D eigenvalue weighted by molar-refractivity contribution is 5.98. The van der Waals surface area contributed by atoms with Gasteiger partial charge in [-0.3, -0.25) is 14.6 Å². The Bertz CT molecular complexity index is 1150. The van der Waals surface area contributed by atoms with E-state index >= 15 is 0 Å². The van der Waals surface area contributed by atoms with Crippen LogP contribution in [-0.2, 0) is 20.7 Å². The predicted octanol–water partition coefficient (Wildman–Crippen LogP) is 3.92. The van der Waals surface area contributed by atoms with Crippen molar-refractivity contribution in [2.45, 2.75) is 76.2 Å². The maximum absolute atomic E-state index is 13.1. The molecule has 4 aliphatic rings. The van der Waals surface area contributed by atoms with Gasteiger partial charge in [-0.1, -0.05) is 19.1 Å². The molecule has 1 saturated carbocycles. The molecule has 6 unspecified atom stereocenters. The third-order valence-electron chi connectivity index (χ3n) is 8.76. The molecule has 2 fully saturated rings. The number of fused-ring (bicyclic) bond motifs is 3. The summed E-state index contributed by atoms with van der Waals surface area (Å²) in [6, 6.07) is 4.55. The molecule has 6 atom stereocenters. The van der Waals surface area contributed by atoms with Gasteiger partial charge in [-0.05, 0) is 67.7 Å². The molecule has 212 valence electrons. The van der Waals surface area contributed by atoms with Gasteiger partial charge >= 0.3 is 6.18 Å². The maximum atomic E-state index is 13.1. The van der Waals surface area contributed by atoms with Gasteiger partial charge in [0.15, 0.2) is 0 Å². The summed E-state index contributed by atoms with van der Waals surface area (Å²) in [6.45, 7) is 6.61. The number of ether oxygens (including phenoxy) is 1. The van der Waals surface area contributed by atoms with Crippen molar-refractivity contribution in [2.75, 3.05) is 31.2 Å². The fourth-order valence-corrected chi connectivity index (χ4v) is 6.58. The number of halogens is 3. The van der Waals surface area contributed by atoms with Crippen molar-refractivity contribution in [1.82, 2.24) is 10.6 Å². The standard InChI is InChI=1S/C29H37F3N4O3/c1-3-33-28(38)23-12-19-6-5-18(13-24(19)36-10-11-39-16-25(23)36)22-15-21(7-4-17(22)2)35-27(37)20-8-9-34-26(14-20)29(30,31)32/h5-6,8-9,13,17,21-23,25-26H,3-4,7,10-12,14-16H2,1-2H3,(H,33,38)(H,35,37). The summed E-state index contributed by atoms with van der Waals surface area (Å²) in [6.07, 6.45) is 0.679. The van der Waals surface area contributed by atoms with Crippen molar-refractivity contribution in [1.29, 1.82) is 0 Å². The van der Waals surface area contributed by atoms with Crippen molar-refractivity contribution in [3.63, 3.8) is 0 Å². The van der Waals surface area contributed by atoms with E-state index in [-0.39, 0.29) is 35.4 Å². The van der Waals surface area contributed by atoms with E-state index in [0.29, 0.717) is 32.1 Å². The van der Waals surface area contributed by atoms with Crippen LogP contribution in [0.4, 0.5) is 18.9 Å². The molecule has 2 amide bonds. The van der Waals surface area contributed by atoms with E-state index in [9.17, 15) is 22.8 Å². The molecule has 1 aliphatic carbocycles. The fourth-order valence-electron chi connectivity index (χ4n) is 6.58. The Morgan fingerprint density at radius 3 is 2.79 bits per heavy atom. The lowest BCUT2D eigenvalue weighted by molar-refractivity contribution is -0.147. The third-order valence-corrected chi connectivity index (χ3v) is 8.76. The first-order valence-electron chi connectivity index (χ1n) is 14.0. The summed E-state index contributed by atoms with van der Waals surface area (Å²) in [5, 5.41) is 5.99. The number of hydrogen-bond acceptors (Lipinski definition) is 5. The molecule has 5 rings (SSSR count). The van der Waals surface area contributed by atoms with Gasteiger partial charge in [-0.25, -0.2) is 0 Å². The number of anilines is 1. The highest BCUT2D eigenvalue weighted by Gasteiger charge is 2.42. The first-order valence-corrected chi connectivity index (χ1v) is 14.0. The average Bonchev–Trinajstić information content (AvgIpc) is 2.93. The zero-order valence-electron chi connectivity index (χ0n) is 22.5. The van der Waals surface area contributed by atoms with Gasteiger partial charge in [-0.2, -0.15) is 13.2 Å². The average molecular weight is 547 g/mol. The molecule has 0 aromatic heterocycles. The van der Waals surface area contributed by atoms with Crippen LogP contribution in [0.25, 0.3) is 0 Å². The van der Waals surface area contributed by atoms with Crippen LogP contribution in [0.1, 0.15) is 56.6 Å². The van der Waals surface area contributed by atoms with Gasteiger partial charge in [0, 0.05) is 43.0 Å². The molecule has 7 nitrogen and oxygen atoms in total. The number of dihydropyridines is 1. The summed E-state index contributed by atoms with van der Waals surface area (Å²) in [5.41, 5.74) is 3.63. The predicted molar refractivity (Wildman–Crippen MR) is 143 cm³/mol. The van der Waals surface area contributed by atoms with E-state index in [1.165, 1.54) is 11.6 Å². The largest absolute Gasteiger partial charge is 0.411 e. The first-order chi connectivity index (χ1) is 18.7. The molecule has 1 aromatic rings. The number of rotatable bonds is 5. The van der Waals surface area contributed by atoms with Gasteiger partial charge in [0.25, 0.3) is 0 Å². The van der Waals surface area contributed by atoms with Crippen molar-refractivity contribution in [2.24, 2.45) is 16.8 Å². The van der Waals surface area contributed by atoms with Crippen molar-refractivity contribution < 1.29 is 27.5 Å². The number of morpholine rings is 1. The zero-order valence-corrected chi connectivity index (χ0v) is 22.5. The monoisotopic (exact) mass is 546 g/mol. The van der Waals surface area contributed by atoms with E-state index in [2.05, 4.69) is 45.6 Å². The number of aliphatic imine (C=N–C) groups is 1. The molecule has 10 heteroatoms. The van der Waals surface area contributed by atoms with E-state index in [4.69, 9.17) is 4.74 Å². The Balaban J connectivity index is 1.31. The number of allylic oxidation sites excluding steroid dienone is 1. The quantitative estimate of drug-likeness (QED) is 0.587. The Morgan fingerprint density at radius 1 is 1.21 bits per heavy atom. The lowest BCUT2D eigenvalue weighted by Gasteiger charge is -2.46. The topological polar surface area (TPSA) is 83.0 Å². The van der Waals surface area contributed by atoms with Crippen LogP contribution < -0.4 is 15.5 Å². The third kappa shape index (κ3) is 5.85. The molecular weight excluding hydrogens is 509 g/mol. The SMILES string of the molecule is CCNC(=O)C1Cc2ccc(C3CC(NC(=O)C4=CC=NC(C(F)(F)F)C4)CCC3C)cc2N2CCOCC12. The molecule has 39 heavy (non-hydrogen) atoms. The van der Waals surface area contributed by atoms with Gasteiger partial charge in [0.1, 0.15) is 6.04 Å². The molecular formula is C29H37F3N4O3. The van der Waals surface area contributed by atoms with Crippen LogP contribution >= 0.6 is 0 Å². The molecule has 3 aliphatic heterocycles. The van der Waals surface area contributed by atoms with Gasteiger partial charge in [-0.15, -0.1) is 0 Å². The smallest absolute Gasteiger partial charge is 0.377 e. The number of amides is 2. The van der Waals surface area contributed by atoms with Crippen LogP contribution in [0.5, 0.6) is 0 Å². The second kappa shape index (κ2) is 11.3. The lowest BCUT2D eigenvalue weighted by Crippen LogP contribution is -2.56. The second-order valence-corrected chi connectivity index (χ2v) is 11.2. The number of carbonyl (C=O) groups is 2. The van der Waals surface area contributed by atoms with E-state index < -0.39 is 24.5 Å². The molecule has 0 spiro atoms. The van der Waals surface area contributed by atoms with Crippen LogP contribution in [0.2, 0.25) is 0 Å². The van der Waals surface area contributed by atoms with E-state index in [1.807, 2.05) is 6.92 Å². The van der Waals surface area contributed by atoms with Crippen LogP contribution in [0.3, 0.4) is 0 Å². The molecule has 3 heterocycles. The summed E-state index contributed by atoms with van der Waals surface area (Å²) in [7, 11) is 0. The van der Waals surface area contributed by atoms with E-state index in [1.54, 1.807) is 0 Å². The Labute approximate surface area is 227 Å². The molecule has 2 N–H and O–H groups in total. The van der Waals surface area contributed by atoms with Gasteiger partial charge in [0.05, 0.1) is 25.2 Å². The first kappa shape index (κ1) is 27.7. The number of nitrogens with zero attached hydrogens (tertiary/aromatic N) is 2. The Kier molecular flexibility index (Phi) is 8.03. The van der Waals surface area contributed by atoms with Gasteiger partial charge < -0.3 is 20.3 Å². The molecule has 1 aromatic carbocycles. The zero-order chi connectivity index (χ0) is 27.7. The van der Waals surface area contributed by atoms with Crippen LogP contribution in [0.15, 0.2) is 34.8 Å². The number of hydrogen-bond donors (Lipinski definition) is 2. The highest BCUT2D eigenvalue weighted by atomic mass is 19.4. The molecule has 1 saturated heterocycles. The summed E-state index contributed by atoms with van der Waals surface area (Å²) in [4.78, 5) is 31.5. The number of carbonyl (C=O) groups excluding carboxylic acids is 2. The Morgan fingerprint density at radius 2 is 2.03 bits per heavy atom. The lowest BCUT2D eigenvalue weighted by atomic mass is 9.73. The van der Waals surface area contributed by atoms with Crippen LogP contribution in [-0.4, -0.2) is 68.6 Å². The van der Waals surface area contributed by atoms with Gasteiger partial charge in [0.2, 0.25) is 11.8 Å². The van der Waals surface area contributed by atoms with Crippen molar-refractivity contribution in [3.05, 3.63) is 41.0 Å². The number of benzene rings is 1. The summed E-state index contributed by atoms with van der Waals surface area (Å²) >= 11 is 0. The van der Waals surface area contributed by atoms with Crippen molar-refractivity contribution in [3.8, 4) is 0 Å². The number of alkyl halides is 3. The Hall–Kier alpha value is -2.88. The highest BCUT2D eigenvalue weighted by Crippen LogP contribution is 2.42.